The van der Waals surface area contributed by atoms with Gasteiger partial charge in [0.05, 0.1) is 29.9 Å². The lowest BCUT2D eigenvalue weighted by Crippen LogP contribution is -2.58. The summed E-state index contributed by atoms with van der Waals surface area (Å²) < 4.78 is 11.3. The first-order chi connectivity index (χ1) is 14.5. The number of aromatic nitrogens is 2. The summed E-state index contributed by atoms with van der Waals surface area (Å²) in [5.41, 5.74) is 1.02. The first-order valence-electron chi connectivity index (χ1n) is 10.1. The van der Waals surface area contributed by atoms with Gasteiger partial charge in [0.2, 0.25) is 5.91 Å². The van der Waals surface area contributed by atoms with Gasteiger partial charge >= 0.3 is 0 Å². The summed E-state index contributed by atoms with van der Waals surface area (Å²) in [5, 5.41) is 4.59. The lowest BCUT2D eigenvalue weighted by atomic mass is 9.89. The molecule has 30 heavy (non-hydrogen) atoms. The number of carbonyl (C=O) groups excluding carboxylic acids is 2. The maximum absolute atomic E-state index is 13.0. The van der Waals surface area contributed by atoms with Gasteiger partial charge in [0.15, 0.2) is 0 Å². The molecular formula is C21H26N4O4S. The number of hydrogen-bond donors (Lipinski definition) is 0. The molecule has 0 bridgehead atoms. The largest absolute Gasteiger partial charge is 0.371 e. The lowest BCUT2D eigenvalue weighted by molar-refractivity contribution is -0.157. The van der Waals surface area contributed by atoms with Gasteiger partial charge in [-0.15, -0.1) is 11.8 Å². The van der Waals surface area contributed by atoms with Gasteiger partial charge in [0.1, 0.15) is 10.8 Å². The van der Waals surface area contributed by atoms with Crippen molar-refractivity contribution in [2.24, 2.45) is 0 Å². The predicted molar refractivity (Wildman–Crippen MR) is 111 cm³/mol. The minimum absolute atomic E-state index is 0.00623. The van der Waals surface area contributed by atoms with Crippen molar-refractivity contribution in [3.63, 3.8) is 0 Å². The van der Waals surface area contributed by atoms with Crippen LogP contribution in [0.15, 0.2) is 33.9 Å². The van der Waals surface area contributed by atoms with Gasteiger partial charge in [0.25, 0.3) is 5.91 Å². The number of piperidine rings is 1. The van der Waals surface area contributed by atoms with E-state index in [0.29, 0.717) is 57.0 Å². The van der Waals surface area contributed by atoms with Crippen LogP contribution in [0, 0.1) is 6.92 Å². The topological polar surface area (TPSA) is 88.8 Å². The second kappa shape index (κ2) is 8.77. The second-order valence-corrected chi connectivity index (χ2v) is 8.61. The van der Waals surface area contributed by atoms with Crippen molar-refractivity contribution in [2.75, 3.05) is 39.0 Å². The second-order valence-electron chi connectivity index (χ2n) is 7.81. The molecule has 1 spiro atoms. The molecule has 2 fully saturated rings. The zero-order chi connectivity index (χ0) is 21.1. The molecule has 2 saturated heterocycles. The van der Waals surface area contributed by atoms with Crippen LogP contribution in [0.2, 0.25) is 0 Å². The molecule has 8 nitrogen and oxygen atoms in total. The maximum atomic E-state index is 13.0. The molecule has 4 heterocycles. The highest BCUT2D eigenvalue weighted by atomic mass is 32.2. The standard InChI is InChI=1S/C21H26N4O4S/c1-15-12-16(29-23-15)13-18(26)25-10-11-28-21(14-25)5-8-24(9-6-21)20(27)17-4-3-7-22-19(17)30-2/h3-4,7,12H,5-6,8-11,13-14H2,1-2H3. The van der Waals surface area contributed by atoms with Crippen LogP contribution in [0.5, 0.6) is 0 Å². The molecule has 2 aliphatic rings. The Kier molecular flexibility index (Phi) is 6.10. The van der Waals surface area contributed by atoms with Crippen LogP contribution in [-0.4, -0.2) is 76.4 Å². The van der Waals surface area contributed by atoms with Crippen molar-refractivity contribution in [1.82, 2.24) is 19.9 Å². The fraction of sp³-hybridized carbons (Fsp3) is 0.524. The minimum atomic E-state index is -0.390. The normalized spacial score (nSPS) is 18.6. The van der Waals surface area contributed by atoms with Crippen LogP contribution in [0.1, 0.15) is 34.7 Å². The summed E-state index contributed by atoms with van der Waals surface area (Å²) in [6, 6.07) is 5.41. The van der Waals surface area contributed by atoms with Crippen LogP contribution >= 0.6 is 11.8 Å². The van der Waals surface area contributed by atoms with Gasteiger partial charge in [0, 0.05) is 38.4 Å². The molecule has 0 N–H and O–H groups in total. The Balaban J connectivity index is 1.37. The van der Waals surface area contributed by atoms with Gasteiger partial charge in [-0.2, -0.15) is 0 Å². The van der Waals surface area contributed by atoms with E-state index in [1.54, 1.807) is 18.3 Å². The number of pyridine rings is 1. The molecule has 2 aromatic rings. The van der Waals surface area contributed by atoms with Crippen molar-refractivity contribution >= 4 is 23.6 Å². The molecule has 2 aromatic heterocycles. The van der Waals surface area contributed by atoms with E-state index in [2.05, 4.69) is 10.1 Å². The van der Waals surface area contributed by atoms with E-state index in [-0.39, 0.29) is 23.8 Å². The fourth-order valence-electron chi connectivity index (χ4n) is 4.12. The average molecular weight is 431 g/mol. The molecule has 0 saturated carbocycles. The molecule has 0 aromatic carbocycles. The van der Waals surface area contributed by atoms with Gasteiger partial charge < -0.3 is 19.1 Å². The van der Waals surface area contributed by atoms with Crippen LogP contribution in [0.25, 0.3) is 0 Å². The summed E-state index contributed by atoms with van der Waals surface area (Å²) in [7, 11) is 0. The summed E-state index contributed by atoms with van der Waals surface area (Å²) in [4.78, 5) is 33.7. The Bertz CT molecular complexity index is 923. The zero-order valence-corrected chi connectivity index (χ0v) is 18.1. The summed E-state index contributed by atoms with van der Waals surface area (Å²) >= 11 is 1.48. The number of carbonyl (C=O) groups is 2. The minimum Gasteiger partial charge on any atom is -0.371 e. The summed E-state index contributed by atoms with van der Waals surface area (Å²) in [6.45, 7) is 4.67. The fourth-order valence-corrected chi connectivity index (χ4v) is 4.67. The lowest BCUT2D eigenvalue weighted by Gasteiger charge is -2.47. The van der Waals surface area contributed by atoms with Crippen molar-refractivity contribution in [2.45, 2.75) is 36.8 Å². The van der Waals surface area contributed by atoms with Crippen LogP contribution in [-0.2, 0) is 16.0 Å². The number of aryl methyl sites for hydroxylation is 1. The van der Waals surface area contributed by atoms with Crippen molar-refractivity contribution in [3.05, 3.63) is 41.4 Å². The molecule has 0 aliphatic carbocycles. The molecule has 2 amide bonds. The number of nitrogens with zero attached hydrogens (tertiary/aromatic N) is 4. The monoisotopic (exact) mass is 430 g/mol. The Morgan fingerprint density at radius 3 is 2.73 bits per heavy atom. The van der Waals surface area contributed by atoms with E-state index in [0.717, 1.165) is 10.7 Å². The number of likely N-dealkylation sites (tertiary alicyclic amines) is 1. The highest BCUT2D eigenvalue weighted by Gasteiger charge is 2.42. The Hall–Kier alpha value is -2.39. The quantitative estimate of drug-likeness (QED) is 0.687. The van der Waals surface area contributed by atoms with Crippen molar-refractivity contribution < 1.29 is 18.8 Å². The first kappa shape index (κ1) is 20.9. The Morgan fingerprint density at radius 1 is 1.23 bits per heavy atom. The molecule has 160 valence electrons. The first-order valence-corrected chi connectivity index (χ1v) is 11.3. The molecule has 9 heteroatoms. The third kappa shape index (κ3) is 4.37. The number of ether oxygens (including phenoxy) is 1. The van der Waals surface area contributed by atoms with Crippen LogP contribution < -0.4 is 0 Å². The van der Waals surface area contributed by atoms with E-state index in [1.165, 1.54) is 11.8 Å². The highest BCUT2D eigenvalue weighted by Crippen LogP contribution is 2.31. The molecule has 2 aliphatic heterocycles. The van der Waals surface area contributed by atoms with E-state index in [1.807, 2.05) is 29.0 Å². The predicted octanol–water partition coefficient (Wildman–Crippen LogP) is 2.18. The number of thioether (sulfide) groups is 1. The third-order valence-electron chi connectivity index (χ3n) is 5.76. The molecule has 4 rings (SSSR count). The van der Waals surface area contributed by atoms with Gasteiger partial charge in [-0.25, -0.2) is 4.98 Å². The SMILES string of the molecule is CSc1ncccc1C(=O)N1CCC2(CC1)CN(C(=O)Cc1cc(C)no1)CCO2. The van der Waals surface area contributed by atoms with E-state index >= 15 is 0 Å². The number of amides is 2. The number of rotatable bonds is 4. The van der Waals surface area contributed by atoms with Gasteiger partial charge in [-0.3, -0.25) is 9.59 Å². The van der Waals surface area contributed by atoms with Crippen molar-refractivity contribution in [3.8, 4) is 0 Å². The molecule has 0 atom stereocenters. The molecule has 0 radical (unpaired) electrons. The van der Waals surface area contributed by atoms with Gasteiger partial charge in [-0.05, 0) is 38.2 Å². The van der Waals surface area contributed by atoms with E-state index in [9.17, 15) is 9.59 Å². The van der Waals surface area contributed by atoms with E-state index < -0.39 is 0 Å². The van der Waals surface area contributed by atoms with Gasteiger partial charge in [-0.1, -0.05) is 5.16 Å². The smallest absolute Gasteiger partial charge is 0.256 e. The average Bonchev–Trinajstić information content (AvgIpc) is 3.18. The van der Waals surface area contributed by atoms with Crippen LogP contribution in [0.4, 0.5) is 0 Å². The summed E-state index contributed by atoms with van der Waals surface area (Å²) in [6.07, 6.45) is 5.25. The van der Waals surface area contributed by atoms with Crippen molar-refractivity contribution in [1.29, 1.82) is 0 Å². The van der Waals surface area contributed by atoms with E-state index in [4.69, 9.17) is 9.26 Å². The van der Waals surface area contributed by atoms with Crippen LogP contribution in [0.3, 0.4) is 0 Å². The molecular weight excluding hydrogens is 404 g/mol. The maximum Gasteiger partial charge on any atom is 0.256 e. The highest BCUT2D eigenvalue weighted by molar-refractivity contribution is 7.98. The third-order valence-corrected chi connectivity index (χ3v) is 6.47. The Labute approximate surface area is 179 Å². The Morgan fingerprint density at radius 2 is 2.03 bits per heavy atom. The molecule has 0 unspecified atom stereocenters. The zero-order valence-electron chi connectivity index (χ0n) is 17.3. The number of hydrogen-bond acceptors (Lipinski definition) is 7. The summed E-state index contributed by atoms with van der Waals surface area (Å²) in [5.74, 6) is 0.610. The number of morpholine rings is 1.